The van der Waals surface area contributed by atoms with E-state index in [2.05, 4.69) is 211 Å². The van der Waals surface area contributed by atoms with Crippen molar-refractivity contribution in [2.24, 2.45) is 0 Å². The first-order chi connectivity index (χ1) is 29.3. The van der Waals surface area contributed by atoms with Gasteiger partial charge in [-0.15, -0.1) is 0 Å². The lowest BCUT2D eigenvalue weighted by atomic mass is 9.83. The molecule has 2 radical (unpaired) electrons. The van der Waals surface area contributed by atoms with Crippen LogP contribution in [0.15, 0.2) is 194 Å². The van der Waals surface area contributed by atoms with E-state index >= 15 is 0 Å². The van der Waals surface area contributed by atoms with E-state index in [0.29, 0.717) is 13.1 Å². The standard InChI is InChI=1S/C57H36N2/c1-3-15-36(16-4-1)48-31-40-21-9-13-25-44(40)54-50(48)33-58-35-59-34-51-49(37-17-5-2-6-18-37)32-41-22-10-14-26-45(41)55(51)53-43-24-12-8-20-39(43)28-30-47(53)57(59)56(58)46-29-27-38-19-7-11-23-42(38)52(46)54/h1-32H,33-34H2. The van der Waals surface area contributed by atoms with E-state index in [-0.39, 0.29) is 0 Å². The van der Waals surface area contributed by atoms with Gasteiger partial charge >= 0.3 is 0 Å². The molecule has 0 aromatic heterocycles. The molecule has 10 aromatic carbocycles. The second-order valence-electron chi connectivity index (χ2n) is 16.1. The van der Waals surface area contributed by atoms with Crippen molar-refractivity contribution in [1.82, 2.24) is 9.80 Å². The molecule has 0 spiro atoms. The van der Waals surface area contributed by atoms with Crippen LogP contribution in [0.1, 0.15) is 22.3 Å². The van der Waals surface area contributed by atoms with Crippen molar-refractivity contribution >= 4 is 54.5 Å². The van der Waals surface area contributed by atoms with E-state index in [0.717, 1.165) is 0 Å². The maximum absolute atomic E-state index is 4.08. The molecule has 0 bridgehead atoms. The quantitative estimate of drug-likeness (QED) is 0.174. The number of nitrogens with zero attached hydrogens (tertiary/aromatic N) is 2. The summed E-state index contributed by atoms with van der Waals surface area (Å²) >= 11 is 0. The maximum Gasteiger partial charge on any atom is 0.209 e. The largest absolute Gasteiger partial charge is 0.335 e. The Bertz CT molecular complexity index is 3190. The van der Waals surface area contributed by atoms with Crippen LogP contribution in [0.2, 0.25) is 0 Å². The van der Waals surface area contributed by atoms with Crippen LogP contribution in [-0.4, -0.2) is 9.80 Å². The first kappa shape index (κ1) is 32.6. The van der Waals surface area contributed by atoms with E-state index in [1.54, 1.807) is 0 Å². The van der Waals surface area contributed by atoms with E-state index < -0.39 is 0 Å². The van der Waals surface area contributed by atoms with Gasteiger partial charge in [0.2, 0.25) is 6.67 Å². The molecule has 274 valence electrons. The number of hydrogen-bond donors (Lipinski definition) is 0. The lowest BCUT2D eigenvalue weighted by molar-refractivity contribution is 0.352. The van der Waals surface area contributed by atoms with Gasteiger partial charge in [0.05, 0.1) is 11.4 Å². The Balaban J connectivity index is 1.19. The molecule has 0 unspecified atom stereocenters. The van der Waals surface area contributed by atoms with Crippen LogP contribution in [0, 0.1) is 6.67 Å². The molecule has 3 heterocycles. The fourth-order valence-corrected chi connectivity index (χ4v) is 10.5. The van der Waals surface area contributed by atoms with Crippen LogP contribution >= 0.6 is 0 Å². The Morgan fingerprint density at radius 1 is 0.305 bits per heavy atom. The van der Waals surface area contributed by atoms with Crippen LogP contribution in [0.5, 0.6) is 0 Å². The molecule has 2 heteroatoms. The predicted molar refractivity (Wildman–Crippen MR) is 246 cm³/mol. The highest BCUT2D eigenvalue weighted by atomic mass is 15.4. The summed E-state index contributed by atoms with van der Waals surface area (Å²) in [6, 6.07) is 72.0. The van der Waals surface area contributed by atoms with Gasteiger partial charge in [0.1, 0.15) is 0 Å². The summed E-state index contributed by atoms with van der Waals surface area (Å²) in [5.74, 6) is 0. The van der Waals surface area contributed by atoms with Crippen LogP contribution in [0.4, 0.5) is 0 Å². The lowest BCUT2D eigenvalue weighted by Gasteiger charge is -2.25. The second-order valence-corrected chi connectivity index (χ2v) is 16.1. The predicted octanol–water partition coefficient (Wildman–Crippen LogP) is 14.4. The Kier molecular flexibility index (Phi) is 6.94. The van der Waals surface area contributed by atoms with Crippen molar-refractivity contribution in [2.75, 3.05) is 0 Å². The summed E-state index contributed by atoms with van der Waals surface area (Å²) in [6.45, 7) is 5.45. The molecule has 3 aliphatic heterocycles. The minimum atomic E-state index is 0.682. The highest BCUT2D eigenvalue weighted by molar-refractivity contribution is 6.18. The van der Waals surface area contributed by atoms with E-state index in [1.165, 1.54) is 121 Å². The van der Waals surface area contributed by atoms with Gasteiger partial charge in [-0.25, -0.2) is 0 Å². The monoisotopic (exact) mass is 748 g/mol. The zero-order valence-electron chi connectivity index (χ0n) is 32.3. The van der Waals surface area contributed by atoms with E-state index in [4.69, 9.17) is 0 Å². The molecule has 13 rings (SSSR count). The summed E-state index contributed by atoms with van der Waals surface area (Å²) in [5, 5.41) is 10.1. The van der Waals surface area contributed by atoms with E-state index in [1.807, 2.05) is 0 Å². The highest BCUT2D eigenvalue weighted by Crippen LogP contribution is 2.56. The van der Waals surface area contributed by atoms with Crippen molar-refractivity contribution in [3.05, 3.63) is 223 Å². The van der Waals surface area contributed by atoms with Gasteiger partial charge in [0, 0.05) is 24.2 Å². The topological polar surface area (TPSA) is 6.48 Å². The van der Waals surface area contributed by atoms with Gasteiger partial charge in [0.25, 0.3) is 0 Å². The maximum atomic E-state index is 4.08. The number of hydrogen-bond acceptors (Lipinski definition) is 2. The van der Waals surface area contributed by atoms with Gasteiger partial charge in [-0.05, 0) is 111 Å². The molecule has 0 saturated heterocycles. The molecule has 10 aromatic rings. The van der Waals surface area contributed by atoms with Crippen LogP contribution in [0.3, 0.4) is 0 Å². The Labute approximate surface area is 343 Å². The molecule has 0 amide bonds. The van der Waals surface area contributed by atoms with Crippen molar-refractivity contribution in [1.29, 1.82) is 0 Å². The molecule has 0 atom stereocenters. The van der Waals surface area contributed by atoms with Crippen LogP contribution in [0.25, 0.3) is 99.0 Å². The van der Waals surface area contributed by atoms with Crippen molar-refractivity contribution in [3.8, 4) is 44.5 Å². The van der Waals surface area contributed by atoms with Crippen molar-refractivity contribution in [2.45, 2.75) is 13.1 Å². The summed E-state index contributed by atoms with van der Waals surface area (Å²) in [7, 11) is 0. The van der Waals surface area contributed by atoms with Gasteiger partial charge < -0.3 is 9.80 Å². The van der Waals surface area contributed by atoms with Gasteiger partial charge in [-0.1, -0.05) is 182 Å². The van der Waals surface area contributed by atoms with Gasteiger partial charge in [-0.3, -0.25) is 0 Å². The zero-order valence-corrected chi connectivity index (χ0v) is 32.3. The van der Waals surface area contributed by atoms with Gasteiger partial charge in [0.15, 0.2) is 0 Å². The molecule has 59 heavy (non-hydrogen) atoms. The number of fused-ring (bicyclic) bond motifs is 18. The normalized spacial score (nSPS) is 14.1. The Morgan fingerprint density at radius 3 is 1.08 bits per heavy atom. The summed E-state index contributed by atoms with van der Waals surface area (Å²) in [5.41, 5.74) is 17.7. The first-order valence-electron chi connectivity index (χ1n) is 20.6. The zero-order chi connectivity index (χ0) is 38.6. The number of rotatable bonds is 2. The smallest absolute Gasteiger partial charge is 0.209 e. The SMILES string of the molecule is [C]1N2Cc3c(-c4ccccc4)cc4ccccc4c3-c3c(ccc4ccccc34)C2=C2c3ccc4ccccc4c3-c3c(c(-c4ccccc4)cc4ccccc34)CN12. The summed E-state index contributed by atoms with van der Waals surface area (Å²) in [6.07, 6.45) is 0. The Morgan fingerprint density at radius 2 is 0.661 bits per heavy atom. The third kappa shape index (κ3) is 4.75. The summed E-state index contributed by atoms with van der Waals surface area (Å²) < 4.78 is 0. The number of benzene rings is 10. The lowest BCUT2D eigenvalue weighted by Crippen LogP contribution is -2.21. The molecular weight excluding hydrogens is 713 g/mol. The third-order valence-corrected chi connectivity index (χ3v) is 13.0. The average Bonchev–Trinajstić information content (AvgIpc) is 3.48. The molecule has 2 nitrogen and oxygen atoms in total. The van der Waals surface area contributed by atoms with Crippen LogP contribution < -0.4 is 0 Å². The van der Waals surface area contributed by atoms with Crippen LogP contribution in [-0.2, 0) is 13.1 Å². The molecule has 3 aliphatic rings. The van der Waals surface area contributed by atoms with E-state index in [9.17, 15) is 0 Å². The second kappa shape index (κ2) is 12.5. The van der Waals surface area contributed by atoms with Crippen molar-refractivity contribution < 1.29 is 0 Å². The third-order valence-electron chi connectivity index (χ3n) is 13.0. The van der Waals surface area contributed by atoms with Crippen molar-refractivity contribution in [3.63, 3.8) is 0 Å². The van der Waals surface area contributed by atoms with Gasteiger partial charge in [-0.2, -0.15) is 0 Å². The minimum absolute atomic E-state index is 0.682. The fraction of sp³-hybridized carbons (Fsp3) is 0.0351. The molecular formula is C57H36N2. The highest BCUT2D eigenvalue weighted by Gasteiger charge is 2.41. The molecule has 0 aliphatic carbocycles. The minimum Gasteiger partial charge on any atom is -0.335 e. The molecule has 0 fully saturated rings. The fourth-order valence-electron chi connectivity index (χ4n) is 10.5. The molecule has 0 saturated carbocycles. The Hall–Kier alpha value is -7.42. The first-order valence-corrected chi connectivity index (χ1v) is 20.6. The average molecular weight is 749 g/mol. The summed E-state index contributed by atoms with van der Waals surface area (Å²) in [4.78, 5) is 4.90. The molecule has 0 N–H and O–H groups in total.